The van der Waals surface area contributed by atoms with Crippen LogP contribution in [0, 0.1) is 20.8 Å². The number of carbonyl (C=O) groups excluding carboxylic acids is 1. The number of nitrogens with zero attached hydrogens (tertiary/aromatic N) is 5. The van der Waals surface area contributed by atoms with Gasteiger partial charge in [-0.2, -0.15) is 4.31 Å². The van der Waals surface area contributed by atoms with Crippen LogP contribution in [0.2, 0.25) is 0 Å². The van der Waals surface area contributed by atoms with Crippen LogP contribution >= 0.6 is 0 Å². The Labute approximate surface area is 185 Å². The van der Waals surface area contributed by atoms with E-state index in [2.05, 4.69) is 10.1 Å². The average molecular weight is 460 g/mol. The Bertz CT molecular complexity index is 1330. The van der Waals surface area contributed by atoms with Crippen LogP contribution in [0.15, 0.2) is 38.5 Å². The first kappa shape index (κ1) is 22.2. The van der Waals surface area contributed by atoms with Gasteiger partial charge in [-0.15, -0.1) is 0 Å². The highest BCUT2D eigenvalue weighted by atomic mass is 32.2. The Morgan fingerprint density at radius 1 is 1.09 bits per heavy atom. The maximum absolute atomic E-state index is 13.2. The smallest absolute Gasteiger partial charge is 0.262 e. The van der Waals surface area contributed by atoms with Crippen LogP contribution in [0.4, 0.5) is 0 Å². The predicted molar refractivity (Wildman–Crippen MR) is 117 cm³/mol. The number of para-hydroxylation sites is 1. The first-order valence-electron chi connectivity index (χ1n) is 10.3. The zero-order chi connectivity index (χ0) is 23.2. The first-order valence-corrected chi connectivity index (χ1v) is 11.8. The molecule has 0 aliphatic carbocycles. The van der Waals surface area contributed by atoms with E-state index in [1.54, 1.807) is 50.8 Å². The summed E-state index contributed by atoms with van der Waals surface area (Å²) in [6, 6.07) is 6.26. The van der Waals surface area contributed by atoms with Crippen LogP contribution in [-0.4, -0.2) is 64.4 Å². The molecule has 0 saturated carbocycles. The van der Waals surface area contributed by atoms with Crippen LogP contribution in [0.5, 0.6) is 0 Å². The van der Waals surface area contributed by atoms with Gasteiger partial charge in [0.1, 0.15) is 22.5 Å². The van der Waals surface area contributed by atoms with Gasteiger partial charge in [0.25, 0.3) is 5.56 Å². The van der Waals surface area contributed by atoms with Gasteiger partial charge in [0.2, 0.25) is 15.9 Å². The van der Waals surface area contributed by atoms with Gasteiger partial charge >= 0.3 is 0 Å². The molecule has 2 aromatic heterocycles. The number of hydrogen-bond acceptors (Lipinski definition) is 7. The van der Waals surface area contributed by atoms with Gasteiger partial charge in [0, 0.05) is 26.2 Å². The van der Waals surface area contributed by atoms with E-state index in [0.717, 1.165) is 0 Å². The molecule has 11 heteroatoms. The molecule has 1 unspecified atom stereocenters. The molecule has 1 aliphatic heterocycles. The lowest BCUT2D eigenvalue weighted by molar-refractivity contribution is -0.135. The Morgan fingerprint density at radius 2 is 1.75 bits per heavy atom. The number of benzene rings is 1. The fraction of sp³-hybridized carbons (Fsp3) is 0.429. The highest BCUT2D eigenvalue weighted by molar-refractivity contribution is 7.89. The number of amides is 1. The van der Waals surface area contributed by atoms with E-state index in [1.807, 2.05) is 6.07 Å². The van der Waals surface area contributed by atoms with Crippen molar-refractivity contribution in [3.63, 3.8) is 0 Å². The lowest BCUT2D eigenvalue weighted by Crippen LogP contribution is -2.52. The van der Waals surface area contributed by atoms with Crippen LogP contribution in [0.3, 0.4) is 0 Å². The van der Waals surface area contributed by atoms with Crippen molar-refractivity contribution in [3.05, 3.63) is 51.9 Å². The summed E-state index contributed by atoms with van der Waals surface area (Å²) in [6.07, 6.45) is 0. The number of sulfonamides is 1. The number of piperazine rings is 1. The van der Waals surface area contributed by atoms with Crippen molar-refractivity contribution in [2.45, 2.75) is 38.6 Å². The molecule has 4 rings (SSSR count). The van der Waals surface area contributed by atoms with Gasteiger partial charge in [0.05, 0.1) is 10.9 Å². The summed E-state index contributed by atoms with van der Waals surface area (Å²) in [6.45, 7) is 7.25. The van der Waals surface area contributed by atoms with Crippen LogP contribution in [0.25, 0.3) is 10.9 Å². The van der Waals surface area contributed by atoms with Gasteiger partial charge < -0.3 is 9.42 Å². The number of hydrogen-bond donors (Lipinski definition) is 0. The number of carbonyl (C=O) groups is 1. The molecule has 1 aromatic carbocycles. The predicted octanol–water partition coefficient (Wildman–Crippen LogP) is 1.40. The molecular weight excluding hydrogens is 434 g/mol. The molecule has 0 N–H and O–H groups in total. The molecule has 1 atom stereocenters. The Balaban J connectivity index is 1.53. The van der Waals surface area contributed by atoms with E-state index in [-0.39, 0.29) is 48.3 Å². The molecule has 3 heterocycles. The van der Waals surface area contributed by atoms with E-state index in [0.29, 0.717) is 22.4 Å². The molecule has 0 radical (unpaired) electrons. The van der Waals surface area contributed by atoms with Crippen molar-refractivity contribution >= 4 is 26.8 Å². The molecule has 170 valence electrons. The number of aryl methyl sites for hydroxylation is 3. The normalized spacial score (nSPS) is 16.4. The molecule has 1 saturated heterocycles. The standard InChI is InChI=1S/C21H25N5O5S/c1-13-19(15(3)31-23-13)32(29,30)25-11-9-24(10-12-25)20(27)14(2)26-16(4)22-18-8-6-5-7-17(18)21(26)28/h5-8,14H,9-12H2,1-4H3. The van der Waals surface area contributed by atoms with E-state index < -0.39 is 16.1 Å². The average Bonchev–Trinajstić information content (AvgIpc) is 3.12. The van der Waals surface area contributed by atoms with E-state index in [1.165, 1.54) is 8.87 Å². The quantitative estimate of drug-likeness (QED) is 0.579. The fourth-order valence-electron chi connectivity index (χ4n) is 4.21. The van der Waals surface area contributed by atoms with Gasteiger partial charge in [-0.1, -0.05) is 17.3 Å². The van der Waals surface area contributed by atoms with Gasteiger partial charge in [-0.25, -0.2) is 13.4 Å². The number of rotatable bonds is 4. The third kappa shape index (κ3) is 3.61. The van der Waals surface area contributed by atoms with Crippen molar-refractivity contribution in [3.8, 4) is 0 Å². The largest absolute Gasteiger partial charge is 0.360 e. The molecule has 1 fully saturated rings. The molecule has 32 heavy (non-hydrogen) atoms. The van der Waals surface area contributed by atoms with E-state index >= 15 is 0 Å². The molecule has 10 nitrogen and oxygen atoms in total. The van der Waals surface area contributed by atoms with Gasteiger partial charge in [-0.3, -0.25) is 14.2 Å². The maximum Gasteiger partial charge on any atom is 0.262 e. The first-order chi connectivity index (χ1) is 15.1. The van der Waals surface area contributed by atoms with Crippen molar-refractivity contribution in [1.82, 2.24) is 23.9 Å². The Morgan fingerprint density at radius 3 is 2.38 bits per heavy atom. The van der Waals surface area contributed by atoms with Gasteiger partial charge in [0.15, 0.2) is 5.76 Å². The summed E-state index contributed by atoms with van der Waals surface area (Å²) >= 11 is 0. The summed E-state index contributed by atoms with van der Waals surface area (Å²) < 4.78 is 33.8. The Hall–Kier alpha value is -3.05. The monoisotopic (exact) mass is 459 g/mol. The van der Waals surface area contributed by atoms with Crippen LogP contribution < -0.4 is 5.56 Å². The summed E-state index contributed by atoms with van der Waals surface area (Å²) in [5.41, 5.74) is 0.630. The minimum atomic E-state index is -3.77. The molecule has 3 aromatic rings. The van der Waals surface area contributed by atoms with Gasteiger partial charge in [-0.05, 0) is 39.8 Å². The summed E-state index contributed by atoms with van der Waals surface area (Å²) in [7, 11) is -3.77. The van der Waals surface area contributed by atoms with Crippen LogP contribution in [0.1, 0.15) is 30.2 Å². The lowest BCUT2D eigenvalue weighted by atomic mass is 10.2. The van der Waals surface area contributed by atoms with Crippen molar-refractivity contribution < 1.29 is 17.7 Å². The molecule has 1 aliphatic rings. The second-order valence-electron chi connectivity index (χ2n) is 7.91. The van der Waals surface area contributed by atoms with E-state index in [9.17, 15) is 18.0 Å². The lowest BCUT2D eigenvalue weighted by Gasteiger charge is -2.35. The zero-order valence-electron chi connectivity index (χ0n) is 18.4. The van der Waals surface area contributed by atoms with Crippen molar-refractivity contribution in [1.29, 1.82) is 0 Å². The SMILES string of the molecule is Cc1noc(C)c1S(=O)(=O)N1CCN(C(=O)C(C)n2c(C)nc3ccccc3c2=O)CC1. The highest BCUT2D eigenvalue weighted by Gasteiger charge is 2.35. The van der Waals surface area contributed by atoms with Crippen molar-refractivity contribution in [2.24, 2.45) is 0 Å². The molecular formula is C21H25N5O5S. The molecule has 0 spiro atoms. The fourth-order valence-corrected chi connectivity index (χ4v) is 5.92. The summed E-state index contributed by atoms with van der Waals surface area (Å²) in [5.74, 6) is 0.448. The minimum absolute atomic E-state index is 0.0788. The third-order valence-electron chi connectivity index (χ3n) is 5.84. The second-order valence-corrected chi connectivity index (χ2v) is 9.78. The second kappa shape index (κ2) is 8.14. The van der Waals surface area contributed by atoms with Crippen LogP contribution in [-0.2, 0) is 14.8 Å². The molecule has 1 amide bonds. The number of fused-ring (bicyclic) bond motifs is 1. The Kier molecular flexibility index (Phi) is 5.63. The zero-order valence-corrected chi connectivity index (χ0v) is 19.2. The molecule has 0 bridgehead atoms. The third-order valence-corrected chi connectivity index (χ3v) is 7.99. The van der Waals surface area contributed by atoms with E-state index in [4.69, 9.17) is 4.52 Å². The summed E-state index contributed by atoms with van der Waals surface area (Å²) in [5, 5.41) is 4.18. The highest BCUT2D eigenvalue weighted by Crippen LogP contribution is 2.25. The van der Waals surface area contributed by atoms with Crippen molar-refractivity contribution in [2.75, 3.05) is 26.2 Å². The summed E-state index contributed by atoms with van der Waals surface area (Å²) in [4.78, 5) is 32.3. The minimum Gasteiger partial charge on any atom is -0.360 e. The number of aromatic nitrogens is 3. The topological polar surface area (TPSA) is 119 Å². The maximum atomic E-state index is 13.2.